The maximum Gasteiger partial charge on any atom is 0.237 e. The summed E-state index contributed by atoms with van der Waals surface area (Å²) in [6.45, 7) is 2.29. The summed E-state index contributed by atoms with van der Waals surface area (Å²) >= 11 is 0. The van der Waals surface area contributed by atoms with E-state index in [1.165, 1.54) is 0 Å². The van der Waals surface area contributed by atoms with Gasteiger partial charge in [0.1, 0.15) is 5.75 Å². The van der Waals surface area contributed by atoms with Gasteiger partial charge in [0.25, 0.3) is 0 Å². The Labute approximate surface area is 107 Å². The van der Waals surface area contributed by atoms with E-state index in [4.69, 9.17) is 15.9 Å². The first-order chi connectivity index (χ1) is 8.52. The Morgan fingerprint density at radius 3 is 2.56 bits per heavy atom. The predicted molar refractivity (Wildman–Crippen MR) is 69.0 cm³/mol. The van der Waals surface area contributed by atoms with Gasteiger partial charge in [-0.3, -0.25) is 4.79 Å². The molecule has 0 aliphatic rings. The third-order valence-corrected chi connectivity index (χ3v) is 2.67. The van der Waals surface area contributed by atoms with E-state index in [2.05, 4.69) is 5.32 Å². The van der Waals surface area contributed by atoms with Crippen molar-refractivity contribution < 1.29 is 15.0 Å². The largest absolute Gasteiger partial charge is 0.508 e. The number of aliphatic hydroxyl groups excluding tert-OH is 1. The van der Waals surface area contributed by atoms with Crippen LogP contribution in [-0.4, -0.2) is 35.3 Å². The summed E-state index contributed by atoms with van der Waals surface area (Å²) in [5, 5.41) is 20.7. The Morgan fingerprint density at radius 2 is 2.00 bits per heavy atom. The van der Waals surface area contributed by atoms with Gasteiger partial charge in [-0.15, -0.1) is 0 Å². The minimum Gasteiger partial charge on any atom is -0.508 e. The summed E-state index contributed by atoms with van der Waals surface area (Å²) < 4.78 is 0. The average Bonchev–Trinajstić information content (AvgIpc) is 2.38. The number of nitrogens with one attached hydrogen (secondary N) is 1. The van der Waals surface area contributed by atoms with Crippen molar-refractivity contribution >= 4 is 5.91 Å². The zero-order chi connectivity index (χ0) is 13.5. The predicted octanol–water partition coefficient (Wildman–Crippen LogP) is 0.00660. The van der Waals surface area contributed by atoms with E-state index in [-0.39, 0.29) is 24.2 Å². The van der Waals surface area contributed by atoms with Crippen molar-refractivity contribution in [2.45, 2.75) is 19.4 Å². The standard InChI is InChI=1S/C13H20N2O3/c1-9(8-16)7-15-13(18)12(14)6-10-2-4-11(17)5-3-10/h2-5,9,12,16-17H,6-8,14H2,1H3,(H,15,18)/t9?,12-/m1/s1. The Morgan fingerprint density at radius 1 is 1.39 bits per heavy atom. The van der Waals surface area contributed by atoms with Gasteiger partial charge < -0.3 is 21.3 Å². The fraction of sp³-hybridized carbons (Fsp3) is 0.462. The van der Waals surface area contributed by atoms with Crippen LogP contribution >= 0.6 is 0 Å². The van der Waals surface area contributed by atoms with Gasteiger partial charge in [0, 0.05) is 13.2 Å². The normalized spacial score (nSPS) is 13.9. The zero-order valence-electron chi connectivity index (χ0n) is 10.5. The number of amides is 1. The highest BCUT2D eigenvalue weighted by molar-refractivity contribution is 5.81. The van der Waals surface area contributed by atoms with Gasteiger partial charge in [-0.25, -0.2) is 0 Å². The molecule has 1 unspecified atom stereocenters. The number of benzene rings is 1. The maximum atomic E-state index is 11.7. The van der Waals surface area contributed by atoms with E-state index in [0.717, 1.165) is 5.56 Å². The number of carbonyl (C=O) groups excluding carboxylic acids is 1. The van der Waals surface area contributed by atoms with Gasteiger partial charge in [0.15, 0.2) is 0 Å². The smallest absolute Gasteiger partial charge is 0.237 e. The van der Waals surface area contributed by atoms with E-state index in [1.54, 1.807) is 24.3 Å². The van der Waals surface area contributed by atoms with Crippen LogP contribution < -0.4 is 11.1 Å². The molecule has 0 spiro atoms. The summed E-state index contributed by atoms with van der Waals surface area (Å²) in [7, 11) is 0. The number of phenolic OH excluding ortho intramolecular Hbond substituents is 1. The molecule has 1 rings (SSSR count). The van der Waals surface area contributed by atoms with Crippen LogP contribution in [0.15, 0.2) is 24.3 Å². The molecule has 5 N–H and O–H groups in total. The molecule has 2 atom stereocenters. The summed E-state index contributed by atoms with van der Waals surface area (Å²) in [6, 6.07) is 5.97. The summed E-state index contributed by atoms with van der Waals surface area (Å²) in [4.78, 5) is 11.7. The Bertz CT molecular complexity index is 378. The molecule has 0 saturated carbocycles. The molecule has 0 aliphatic heterocycles. The molecule has 5 nitrogen and oxygen atoms in total. The molecule has 18 heavy (non-hydrogen) atoms. The molecule has 0 fully saturated rings. The molecule has 100 valence electrons. The number of aliphatic hydroxyl groups is 1. The Kier molecular flexibility index (Phi) is 5.61. The second-order valence-corrected chi connectivity index (χ2v) is 4.51. The van der Waals surface area contributed by atoms with Gasteiger partial charge in [-0.2, -0.15) is 0 Å². The lowest BCUT2D eigenvalue weighted by atomic mass is 10.1. The van der Waals surface area contributed by atoms with Crippen molar-refractivity contribution in [2.75, 3.05) is 13.2 Å². The van der Waals surface area contributed by atoms with Crippen LogP contribution in [-0.2, 0) is 11.2 Å². The maximum absolute atomic E-state index is 11.7. The first-order valence-electron chi connectivity index (χ1n) is 5.95. The van der Waals surface area contributed by atoms with Crippen molar-refractivity contribution in [2.24, 2.45) is 11.7 Å². The minimum atomic E-state index is -0.625. The number of hydrogen-bond donors (Lipinski definition) is 4. The van der Waals surface area contributed by atoms with Crippen molar-refractivity contribution in [3.8, 4) is 5.75 Å². The Balaban J connectivity index is 2.42. The number of carbonyl (C=O) groups is 1. The molecule has 5 heteroatoms. The highest BCUT2D eigenvalue weighted by Gasteiger charge is 2.14. The molecular formula is C13H20N2O3. The molecule has 1 aromatic rings. The molecule has 1 aromatic carbocycles. The molecule has 0 aromatic heterocycles. The SMILES string of the molecule is CC(CO)CNC(=O)[C@H](N)Cc1ccc(O)cc1. The second kappa shape index (κ2) is 6.98. The quantitative estimate of drug-likeness (QED) is 0.573. The molecule has 0 aliphatic carbocycles. The lowest BCUT2D eigenvalue weighted by Crippen LogP contribution is -2.43. The van der Waals surface area contributed by atoms with Crippen LogP contribution in [0.3, 0.4) is 0 Å². The van der Waals surface area contributed by atoms with Gasteiger partial charge in [0.05, 0.1) is 6.04 Å². The van der Waals surface area contributed by atoms with Crippen LogP contribution in [0.2, 0.25) is 0 Å². The summed E-state index contributed by atoms with van der Waals surface area (Å²) in [5.74, 6) is -0.0215. The average molecular weight is 252 g/mol. The summed E-state index contributed by atoms with van der Waals surface area (Å²) in [6.07, 6.45) is 0.416. The fourth-order valence-electron chi connectivity index (χ4n) is 1.45. The van der Waals surface area contributed by atoms with Gasteiger partial charge in [-0.05, 0) is 30.0 Å². The van der Waals surface area contributed by atoms with Crippen molar-refractivity contribution in [3.05, 3.63) is 29.8 Å². The van der Waals surface area contributed by atoms with E-state index >= 15 is 0 Å². The van der Waals surface area contributed by atoms with E-state index in [0.29, 0.717) is 13.0 Å². The summed E-state index contributed by atoms with van der Waals surface area (Å²) in [5.41, 5.74) is 6.67. The monoisotopic (exact) mass is 252 g/mol. The third-order valence-electron chi connectivity index (χ3n) is 2.67. The van der Waals surface area contributed by atoms with Gasteiger partial charge in [0.2, 0.25) is 5.91 Å². The number of nitrogens with two attached hydrogens (primary N) is 1. The van der Waals surface area contributed by atoms with Gasteiger partial charge >= 0.3 is 0 Å². The number of hydrogen-bond acceptors (Lipinski definition) is 4. The third kappa shape index (κ3) is 4.73. The van der Waals surface area contributed by atoms with Crippen molar-refractivity contribution in [3.63, 3.8) is 0 Å². The highest BCUT2D eigenvalue weighted by Crippen LogP contribution is 2.10. The van der Waals surface area contributed by atoms with E-state index in [1.807, 2.05) is 6.92 Å². The fourth-order valence-corrected chi connectivity index (χ4v) is 1.45. The lowest BCUT2D eigenvalue weighted by Gasteiger charge is -2.14. The molecule has 1 amide bonds. The first kappa shape index (κ1) is 14.5. The van der Waals surface area contributed by atoms with Crippen molar-refractivity contribution in [1.29, 1.82) is 0 Å². The van der Waals surface area contributed by atoms with Crippen LogP contribution in [0, 0.1) is 5.92 Å². The first-order valence-corrected chi connectivity index (χ1v) is 5.95. The number of phenols is 1. The molecule has 0 saturated heterocycles. The lowest BCUT2D eigenvalue weighted by molar-refractivity contribution is -0.122. The van der Waals surface area contributed by atoms with Crippen LogP contribution in [0.4, 0.5) is 0 Å². The zero-order valence-corrected chi connectivity index (χ0v) is 10.5. The highest BCUT2D eigenvalue weighted by atomic mass is 16.3. The van der Waals surface area contributed by atoms with Gasteiger partial charge in [-0.1, -0.05) is 19.1 Å². The van der Waals surface area contributed by atoms with E-state index in [9.17, 15) is 4.79 Å². The molecule has 0 bridgehead atoms. The number of aromatic hydroxyl groups is 1. The van der Waals surface area contributed by atoms with Crippen LogP contribution in [0.5, 0.6) is 5.75 Å². The number of rotatable bonds is 6. The van der Waals surface area contributed by atoms with E-state index < -0.39 is 6.04 Å². The van der Waals surface area contributed by atoms with Crippen LogP contribution in [0.25, 0.3) is 0 Å². The minimum absolute atomic E-state index is 0.0230. The topological polar surface area (TPSA) is 95.6 Å². The Hall–Kier alpha value is -1.59. The molecule has 0 radical (unpaired) electrons. The molecular weight excluding hydrogens is 232 g/mol. The van der Waals surface area contributed by atoms with Crippen molar-refractivity contribution in [1.82, 2.24) is 5.32 Å². The molecule has 0 heterocycles. The van der Waals surface area contributed by atoms with Crippen LogP contribution in [0.1, 0.15) is 12.5 Å². The second-order valence-electron chi connectivity index (χ2n) is 4.51.